The zero-order valence-corrected chi connectivity index (χ0v) is 11.0. The van der Waals surface area contributed by atoms with Crippen LogP contribution < -0.4 is 10.6 Å². The van der Waals surface area contributed by atoms with Gasteiger partial charge in [-0.1, -0.05) is 13.0 Å². The van der Waals surface area contributed by atoms with Crippen molar-refractivity contribution < 1.29 is 9.18 Å². The Labute approximate surface area is 108 Å². The largest absolute Gasteiger partial charge is 0.330 e. The number of anilines is 1. The van der Waals surface area contributed by atoms with Crippen molar-refractivity contribution in [2.45, 2.75) is 26.7 Å². The molecule has 0 fully saturated rings. The predicted molar refractivity (Wildman–Crippen MR) is 71.9 cm³/mol. The average Bonchev–Trinajstić information content (AvgIpc) is 2.36. The second-order valence-electron chi connectivity index (χ2n) is 4.39. The maximum absolute atomic E-state index is 13.2. The smallest absolute Gasteiger partial charge is 0.229 e. The number of hydrogen-bond acceptors (Lipinski definition) is 2. The number of nitrogens with zero attached hydrogens (tertiary/aromatic N) is 1. The molecule has 0 aliphatic rings. The number of nitrogens with two attached hydrogens (primary N) is 1. The van der Waals surface area contributed by atoms with Crippen molar-refractivity contribution in [2.75, 3.05) is 18.0 Å². The molecule has 1 atom stereocenters. The van der Waals surface area contributed by atoms with Crippen molar-refractivity contribution in [3.8, 4) is 0 Å². The summed E-state index contributed by atoms with van der Waals surface area (Å²) < 4.78 is 13.2. The van der Waals surface area contributed by atoms with E-state index in [2.05, 4.69) is 0 Å². The molecule has 18 heavy (non-hydrogen) atoms. The summed E-state index contributed by atoms with van der Waals surface area (Å²) in [6.07, 6.45) is 1.59. The van der Waals surface area contributed by atoms with Gasteiger partial charge in [0, 0.05) is 18.2 Å². The lowest BCUT2D eigenvalue weighted by atomic mass is 10.0. The van der Waals surface area contributed by atoms with Gasteiger partial charge < -0.3 is 10.6 Å². The lowest BCUT2D eigenvalue weighted by molar-refractivity contribution is -0.122. The molecule has 0 saturated heterocycles. The summed E-state index contributed by atoms with van der Waals surface area (Å²) in [6, 6.07) is 6.13. The third-order valence-corrected chi connectivity index (χ3v) is 2.96. The maximum atomic E-state index is 13.2. The molecule has 0 aliphatic carbocycles. The van der Waals surface area contributed by atoms with Crippen LogP contribution in [0.2, 0.25) is 0 Å². The van der Waals surface area contributed by atoms with Crippen LogP contribution in [0.15, 0.2) is 24.3 Å². The molecule has 1 rings (SSSR count). The Morgan fingerprint density at radius 1 is 1.50 bits per heavy atom. The lowest BCUT2D eigenvalue weighted by Gasteiger charge is -2.24. The van der Waals surface area contributed by atoms with E-state index in [0.29, 0.717) is 18.8 Å². The number of hydrogen-bond donors (Lipinski definition) is 1. The second-order valence-corrected chi connectivity index (χ2v) is 4.39. The van der Waals surface area contributed by atoms with Crippen LogP contribution in [0.4, 0.5) is 10.1 Å². The number of benzene rings is 1. The Morgan fingerprint density at radius 2 is 2.22 bits per heavy atom. The Hall–Kier alpha value is -1.42. The minimum absolute atomic E-state index is 0.0246. The van der Waals surface area contributed by atoms with Gasteiger partial charge in [-0.25, -0.2) is 4.39 Å². The van der Waals surface area contributed by atoms with Gasteiger partial charge in [-0.3, -0.25) is 4.79 Å². The van der Waals surface area contributed by atoms with E-state index in [1.54, 1.807) is 17.0 Å². The predicted octanol–water partition coefficient (Wildman–Crippen LogP) is 2.55. The molecule has 0 spiro atoms. The first-order chi connectivity index (χ1) is 8.60. The molecule has 0 bridgehead atoms. The van der Waals surface area contributed by atoms with Crippen molar-refractivity contribution in [3.63, 3.8) is 0 Å². The van der Waals surface area contributed by atoms with E-state index in [-0.39, 0.29) is 17.6 Å². The van der Waals surface area contributed by atoms with Gasteiger partial charge in [0.15, 0.2) is 0 Å². The summed E-state index contributed by atoms with van der Waals surface area (Å²) >= 11 is 0. The fourth-order valence-electron chi connectivity index (χ4n) is 1.92. The van der Waals surface area contributed by atoms with E-state index in [1.165, 1.54) is 12.1 Å². The fraction of sp³-hybridized carbons (Fsp3) is 0.500. The minimum atomic E-state index is -0.326. The number of halogens is 1. The van der Waals surface area contributed by atoms with Crippen LogP contribution in [0.5, 0.6) is 0 Å². The molecule has 0 radical (unpaired) electrons. The molecular formula is C14H21FN2O. The molecule has 3 nitrogen and oxygen atoms in total. The highest BCUT2D eigenvalue weighted by molar-refractivity contribution is 5.94. The first kappa shape index (κ1) is 14.6. The Kier molecular flexibility index (Phi) is 5.78. The van der Waals surface area contributed by atoms with Crippen molar-refractivity contribution in [1.29, 1.82) is 0 Å². The van der Waals surface area contributed by atoms with E-state index in [0.717, 1.165) is 12.8 Å². The lowest BCUT2D eigenvalue weighted by Crippen LogP contribution is -2.35. The highest BCUT2D eigenvalue weighted by Crippen LogP contribution is 2.19. The van der Waals surface area contributed by atoms with E-state index < -0.39 is 0 Å². The van der Waals surface area contributed by atoms with E-state index in [4.69, 9.17) is 5.73 Å². The van der Waals surface area contributed by atoms with E-state index >= 15 is 0 Å². The van der Waals surface area contributed by atoms with Crippen LogP contribution in [0.3, 0.4) is 0 Å². The van der Waals surface area contributed by atoms with Crippen molar-refractivity contribution in [2.24, 2.45) is 11.7 Å². The SMILES string of the molecule is CCN(C(=O)C(C)CCCN)c1cccc(F)c1. The van der Waals surface area contributed by atoms with Crippen LogP contribution in [0.1, 0.15) is 26.7 Å². The average molecular weight is 252 g/mol. The van der Waals surface area contributed by atoms with Gasteiger partial charge in [0.05, 0.1) is 0 Å². The van der Waals surface area contributed by atoms with Gasteiger partial charge >= 0.3 is 0 Å². The number of carbonyl (C=O) groups is 1. The van der Waals surface area contributed by atoms with Crippen molar-refractivity contribution in [1.82, 2.24) is 0 Å². The number of carbonyl (C=O) groups excluding carboxylic acids is 1. The quantitative estimate of drug-likeness (QED) is 0.845. The molecule has 2 N–H and O–H groups in total. The zero-order valence-electron chi connectivity index (χ0n) is 11.0. The summed E-state index contributed by atoms with van der Waals surface area (Å²) in [5, 5.41) is 0. The monoisotopic (exact) mass is 252 g/mol. The zero-order chi connectivity index (χ0) is 13.5. The molecule has 1 amide bonds. The van der Waals surface area contributed by atoms with Crippen LogP contribution in [-0.4, -0.2) is 19.0 Å². The summed E-state index contributed by atoms with van der Waals surface area (Å²) in [4.78, 5) is 13.9. The Balaban J connectivity index is 2.79. The topological polar surface area (TPSA) is 46.3 Å². The molecule has 0 heterocycles. The minimum Gasteiger partial charge on any atom is -0.330 e. The van der Waals surface area contributed by atoms with Crippen molar-refractivity contribution >= 4 is 11.6 Å². The Bertz CT molecular complexity index is 395. The van der Waals surface area contributed by atoms with Crippen LogP contribution >= 0.6 is 0 Å². The fourth-order valence-corrected chi connectivity index (χ4v) is 1.92. The summed E-state index contributed by atoms with van der Waals surface area (Å²) in [5.74, 6) is -0.387. The molecule has 1 aromatic rings. The number of rotatable bonds is 6. The first-order valence-electron chi connectivity index (χ1n) is 6.37. The van der Waals surface area contributed by atoms with E-state index in [9.17, 15) is 9.18 Å². The summed E-state index contributed by atoms with van der Waals surface area (Å²) in [7, 11) is 0. The molecular weight excluding hydrogens is 231 g/mol. The molecule has 1 aromatic carbocycles. The summed E-state index contributed by atoms with van der Waals surface area (Å²) in [5.41, 5.74) is 6.06. The van der Waals surface area contributed by atoms with E-state index in [1.807, 2.05) is 13.8 Å². The second kappa shape index (κ2) is 7.11. The molecule has 0 aromatic heterocycles. The highest BCUT2D eigenvalue weighted by atomic mass is 19.1. The van der Waals surface area contributed by atoms with Gasteiger partial charge in [-0.15, -0.1) is 0 Å². The van der Waals surface area contributed by atoms with Crippen LogP contribution in [0.25, 0.3) is 0 Å². The van der Waals surface area contributed by atoms with Gasteiger partial charge in [-0.05, 0) is 44.5 Å². The van der Waals surface area contributed by atoms with Gasteiger partial charge in [0.2, 0.25) is 5.91 Å². The van der Waals surface area contributed by atoms with Gasteiger partial charge in [-0.2, -0.15) is 0 Å². The molecule has 100 valence electrons. The molecule has 1 unspecified atom stereocenters. The molecule has 4 heteroatoms. The third-order valence-electron chi connectivity index (χ3n) is 2.96. The molecule has 0 saturated carbocycles. The highest BCUT2D eigenvalue weighted by Gasteiger charge is 2.20. The number of amides is 1. The van der Waals surface area contributed by atoms with Crippen LogP contribution in [0, 0.1) is 11.7 Å². The Morgan fingerprint density at radius 3 is 2.78 bits per heavy atom. The van der Waals surface area contributed by atoms with Crippen LogP contribution in [-0.2, 0) is 4.79 Å². The maximum Gasteiger partial charge on any atom is 0.229 e. The van der Waals surface area contributed by atoms with Gasteiger partial charge in [0.25, 0.3) is 0 Å². The van der Waals surface area contributed by atoms with Gasteiger partial charge in [0.1, 0.15) is 5.82 Å². The normalized spacial score (nSPS) is 12.2. The third kappa shape index (κ3) is 3.81. The summed E-state index contributed by atoms with van der Waals surface area (Å²) in [6.45, 7) is 4.90. The standard InChI is InChI=1S/C14H21FN2O/c1-3-17(13-8-4-7-12(15)10-13)14(18)11(2)6-5-9-16/h4,7-8,10-11H,3,5-6,9,16H2,1-2H3. The first-order valence-corrected chi connectivity index (χ1v) is 6.37. The van der Waals surface area contributed by atoms with Crippen molar-refractivity contribution in [3.05, 3.63) is 30.1 Å². The molecule has 0 aliphatic heterocycles.